The van der Waals surface area contributed by atoms with E-state index in [9.17, 15) is 19.5 Å². The number of carbonyl (C=O) groups is 3. The molecule has 3 heterocycles. The summed E-state index contributed by atoms with van der Waals surface area (Å²) in [4.78, 5) is 40.7. The van der Waals surface area contributed by atoms with E-state index < -0.39 is 29.1 Å². The Balaban J connectivity index is 2.08. The first kappa shape index (κ1) is 20.1. The maximum atomic E-state index is 13.4. The maximum Gasteiger partial charge on any atom is 0.246 e. The highest BCUT2D eigenvalue weighted by molar-refractivity contribution is 5.99. The molecule has 3 N–H and O–H groups in total. The van der Waals surface area contributed by atoms with Crippen molar-refractivity contribution >= 4 is 17.7 Å². The molecule has 3 saturated heterocycles. The van der Waals surface area contributed by atoms with Crippen LogP contribution in [-0.2, 0) is 19.1 Å². The predicted molar refractivity (Wildman–Crippen MR) is 97.5 cm³/mol. The van der Waals surface area contributed by atoms with E-state index in [1.165, 1.54) is 4.90 Å². The Morgan fingerprint density at radius 1 is 1.37 bits per heavy atom. The Bertz CT molecular complexity index is 653. The monoisotopic (exact) mass is 381 g/mol. The summed E-state index contributed by atoms with van der Waals surface area (Å²) in [6.45, 7) is 7.82. The first-order chi connectivity index (χ1) is 12.6. The fraction of sp³-hybridized carbons (Fsp3) is 0.842. The van der Waals surface area contributed by atoms with Crippen LogP contribution in [0.25, 0.3) is 0 Å². The lowest BCUT2D eigenvalue weighted by Gasteiger charge is -2.36. The highest BCUT2D eigenvalue weighted by Gasteiger charge is 2.79. The molecule has 3 rings (SSSR count). The largest absolute Gasteiger partial charge is 0.396 e. The van der Waals surface area contributed by atoms with Gasteiger partial charge in [0.25, 0.3) is 0 Å². The molecule has 3 aliphatic rings. The fourth-order valence-corrected chi connectivity index (χ4v) is 5.44. The number of amides is 3. The molecule has 3 aliphatic heterocycles. The Kier molecular flexibility index (Phi) is 5.01. The van der Waals surface area contributed by atoms with Gasteiger partial charge in [0, 0.05) is 26.2 Å². The number of nitrogens with one attached hydrogen (secondary N) is 2. The molecule has 1 spiro atoms. The molecule has 152 valence electrons. The Morgan fingerprint density at radius 3 is 2.59 bits per heavy atom. The van der Waals surface area contributed by atoms with Crippen molar-refractivity contribution < 1.29 is 24.2 Å². The zero-order chi connectivity index (χ0) is 20.1. The second-order valence-electron chi connectivity index (χ2n) is 8.59. The summed E-state index contributed by atoms with van der Waals surface area (Å²) in [5.41, 5.74) is -1.78. The third-order valence-corrected chi connectivity index (χ3v) is 6.58. The molecule has 8 heteroatoms. The Hall–Kier alpha value is -1.67. The Labute approximate surface area is 160 Å². The number of rotatable bonds is 6. The molecule has 0 aliphatic carbocycles. The van der Waals surface area contributed by atoms with Gasteiger partial charge >= 0.3 is 0 Å². The van der Waals surface area contributed by atoms with Crippen LogP contribution < -0.4 is 10.6 Å². The lowest BCUT2D eigenvalue weighted by Crippen LogP contribution is -2.56. The van der Waals surface area contributed by atoms with E-state index in [1.54, 1.807) is 7.05 Å². The van der Waals surface area contributed by atoms with E-state index in [4.69, 9.17) is 4.74 Å². The molecular formula is C19H31N3O5. The van der Waals surface area contributed by atoms with Crippen LogP contribution in [0.3, 0.4) is 0 Å². The maximum absolute atomic E-state index is 13.4. The SMILES string of the molecule is CNC(=O)[C@@H]1[C@H]2C(=O)N(CCCO)C(C(=O)NC(C)C)C23CC(C)[C@@]1(C)O3. The van der Waals surface area contributed by atoms with Gasteiger partial charge in [0.1, 0.15) is 11.6 Å². The molecule has 27 heavy (non-hydrogen) atoms. The van der Waals surface area contributed by atoms with Crippen molar-refractivity contribution in [2.24, 2.45) is 17.8 Å². The zero-order valence-corrected chi connectivity index (χ0v) is 16.7. The van der Waals surface area contributed by atoms with Gasteiger partial charge in [-0.3, -0.25) is 14.4 Å². The van der Waals surface area contributed by atoms with Crippen LogP contribution in [0.1, 0.15) is 40.5 Å². The van der Waals surface area contributed by atoms with E-state index in [2.05, 4.69) is 10.6 Å². The van der Waals surface area contributed by atoms with Crippen LogP contribution in [0.5, 0.6) is 0 Å². The van der Waals surface area contributed by atoms with Crippen molar-refractivity contribution in [3.05, 3.63) is 0 Å². The predicted octanol–water partition coefficient (Wildman–Crippen LogP) is -0.350. The lowest BCUT2D eigenvalue weighted by atomic mass is 9.62. The van der Waals surface area contributed by atoms with Gasteiger partial charge in [0.05, 0.1) is 17.4 Å². The van der Waals surface area contributed by atoms with Gasteiger partial charge in [-0.1, -0.05) is 6.92 Å². The molecule has 3 amide bonds. The number of ether oxygens (including phenoxy) is 1. The number of likely N-dealkylation sites (tertiary alicyclic amines) is 1. The van der Waals surface area contributed by atoms with Crippen molar-refractivity contribution in [2.45, 2.75) is 63.8 Å². The number of aliphatic hydroxyl groups is 1. The van der Waals surface area contributed by atoms with Gasteiger partial charge < -0.3 is 25.4 Å². The van der Waals surface area contributed by atoms with Crippen LogP contribution in [-0.4, -0.2) is 71.2 Å². The fourth-order valence-electron chi connectivity index (χ4n) is 5.44. The van der Waals surface area contributed by atoms with Gasteiger partial charge in [-0.15, -0.1) is 0 Å². The van der Waals surface area contributed by atoms with Gasteiger partial charge in [-0.05, 0) is 39.5 Å². The van der Waals surface area contributed by atoms with Crippen LogP contribution in [0.15, 0.2) is 0 Å². The van der Waals surface area contributed by atoms with Crippen LogP contribution in [0, 0.1) is 17.8 Å². The quantitative estimate of drug-likeness (QED) is 0.583. The summed E-state index contributed by atoms with van der Waals surface area (Å²) in [6, 6.07) is -0.869. The van der Waals surface area contributed by atoms with Crippen molar-refractivity contribution in [3.63, 3.8) is 0 Å². The molecule has 6 atom stereocenters. The molecule has 0 aromatic heterocycles. The average molecular weight is 381 g/mol. The minimum Gasteiger partial charge on any atom is -0.396 e. The number of fused-ring (bicyclic) bond motifs is 1. The molecular weight excluding hydrogens is 350 g/mol. The van der Waals surface area contributed by atoms with Gasteiger partial charge in [-0.2, -0.15) is 0 Å². The summed E-state index contributed by atoms with van der Waals surface area (Å²) in [5.74, 6) is -1.98. The summed E-state index contributed by atoms with van der Waals surface area (Å²) >= 11 is 0. The van der Waals surface area contributed by atoms with E-state index in [-0.39, 0.29) is 42.8 Å². The molecule has 0 aromatic rings. The van der Waals surface area contributed by atoms with Gasteiger partial charge in [-0.25, -0.2) is 0 Å². The lowest BCUT2D eigenvalue weighted by molar-refractivity contribution is -0.147. The summed E-state index contributed by atoms with van der Waals surface area (Å²) in [7, 11) is 1.56. The highest BCUT2D eigenvalue weighted by atomic mass is 16.5. The first-order valence-corrected chi connectivity index (χ1v) is 9.77. The second kappa shape index (κ2) is 6.74. The molecule has 8 nitrogen and oxygen atoms in total. The third-order valence-electron chi connectivity index (χ3n) is 6.58. The summed E-state index contributed by atoms with van der Waals surface area (Å²) in [5, 5.41) is 14.8. The topological polar surface area (TPSA) is 108 Å². The Morgan fingerprint density at radius 2 is 2.04 bits per heavy atom. The smallest absolute Gasteiger partial charge is 0.246 e. The number of nitrogens with zero attached hydrogens (tertiary/aromatic N) is 1. The van der Waals surface area contributed by atoms with Gasteiger partial charge in [0.15, 0.2) is 0 Å². The van der Waals surface area contributed by atoms with E-state index in [0.717, 1.165) is 0 Å². The minimum absolute atomic E-state index is 0.0380. The average Bonchev–Trinajstić information content (AvgIpc) is 3.09. The molecule has 0 aromatic carbocycles. The van der Waals surface area contributed by atoms with Crippen molar-refractivity contribution in [1.29, 1.82) is 0 Å². The van der Waals surface area contributed by atoms with E-state index >= 15 is 0 Å². The molecule has 2 bridgehead atoms. The summed E-state index contributed by atoms with van der Waals surface area (Å²) in [6.07, 6.45) is 0.927. The summed E-state index contributed by atoms with van der Waals surface area (Å²) < 4.78 is 6.47. The van der Waals surface area contributed by atoms with Crippen molar-refractivity contribution in [1.82, 2.24) is 15.5 Å². The van der Waals surface area contributed by atoms with Gasteiger partial charge in [0.2, 0.25) is 17.7 Å². The van der Waals surface area contributed by atoms with Crippen molar-refractivity contribution in [3.8, 4) is 0 Å². The number of hydrogen-bond donors (Lipinski definition) is 3. The molecule has 0 saturated carbocycles. The first-order valence-electron chi connectivity index (χ1n) is 9.77. The second-order valence-corrected chi connectivity index (χ2v) is 8.59. The zero-order valence-electron chi connectivity index (χ0n) is 16.7. The number of hydrogen-bond acceptors (Lipinski definition) is 5. The number of carbonyl (C=O) groups excluding carboxylic acids is 3. The van der Waals surface area contributed by atoms with E-state index in [1.807, 2.05) is 27.7 Å². The normalized spacial score (nSPS) is 39.8. The third kappa shape index (κ3) is 2.68. The number of aliphatic hydroxyl groups excluding tert-OH is 1. The molecule has 3 fully saturated rings. The minimum atomic E-state index is -1.00. The standard InChI is InChI=1S/C19H31N3O5/c1-10(2)21-16(25)14-19-9-11(3)18(4,27-19)12(15(24)20-5)13(19)17(26)22(14)7-6-8-23/h10-14,23H,6-9H2,1-5H3,(H,20,24)(H,21,25)/t11?,12-,13-,14?,18+,19?/m0/s1. The van der Waals surface area contributed by atoms with Crippen LogP contribution in [0.2, 0.25) is 0 Å². The van der Waals surface area contributed by atoms with Crippen molar-refractivity contribution in [2.75, 3.05) is 20.2 Å². The molecule has 3 unspecified atom stereocenters. The highest BCUT2D eigenvalue weighted by Crippen LogP contribution is 2.65. The van der Waals surface area contributed by atoms with Crippen LogP contribution >= 0.6 is 0 Å². The molecule has 0 radical (unpaired) electrons. The van der Waals surface area contributed by atoms with Crippen LogP contribution in [0.4, 0.5) is 0 Å². The van der Waals surface area contributed by atoms with E-state index in [0.29, 0.717) is 12.8 Å².